The molecular formula is C23H29N5OS. The van der Waals surface area contributed by atoms with Crippen molar-refractivity contribution in [2.45, 2.75) is 74.9 Å². The molecule has 0 unspecified atom stereocenters. The molecule has 3 aromatic rings. The van der Waals surface area contributed by atoms with Gasteiger partial charge in [-0.05, 0) is 44.6 Å². The Balaban J connectivity index is 1.37. The van der Waals surface area contributed by atoms with Gasteiger partial charge in [-0.2, -0.15) is 0 Å². The molecular weight excluding hydrogens is 394 g/mol. The number of nitrogens with zero attached hydrogens (tertiary/aromatic N) is 3. The highest BCUT2D eigenvalue weighted by molar-refractivity contribution is 8.00. The molecule has 2 saturated carbocycles. The summed E-state index contributed by atoms with van der Waals surface area (Å²) in [6.07, 6.45) is 9.08. The van der Waals surface area contributed by atoms with Crippen molar-refractivity contribution in [3.63, 3.8) is 0 Å². The summed E-state index contributed by atoms with van der Waals surface area (Å²) in [7, 11) is 0. The third-order valence-corrected chi connectivity index (χ3v) is 7.55. The van der Waals surface area contributed by atoms with Gasteiger partial charge in [0, 0.05) is 34.7 Å². The van der Waals surface area contributed by atoms with E-state index < -0.39 is 0 Å². The fourth-order valence-electron chi connectivity index (χ4n) is 4.50. The van der Waals surface area contributed by atoms with Gasteiger partial charge in [0.2, 0.25) is 5.91 Å². The van der Waals surface area contributed by atoms with Crippen LogP contribution in [0.3, 0.4) is 0 Å². The number of nitrogens with one attached hydrogen (secondary N) is 2. The summed E-state index contributed by atoms with van der Waals surface area (Å²) in [4.78, 5) is 16.2. The first-order valence-electron chi connectivity index (χ1n) is 11.1. The molecule has 2 N–H and O–H groups in total. The van der Waals surface area contributed by atoms with Gasteiger partial charge < -0.3 is 10.3 Å². The van der Waals surface area contributed by atoms with E-state index in [0.29, 0.717) is 18.0 Å². The number of rotatable bonds is 6. The molecule has 158 valence electrons. The Morgan fingerprint density at radius 1 is 1.20 bits per heavy atom. The van der Waals surface area contributed by atoms with Crippen LogP contribution in [-0.4, -0.2) is 36.9 Å². The minimum atomic E-state index is -0.198. The monoisotopic (exact) mass is 423 g/mol. The first-order chi connectivity index (χ1) is 14.6. The Hall–Kier alpha value is -2.28. The minimum absolute atomic E-state index is 0.109. The molecule has 6 nitrogen and oxygen atoms in total. The van der Waals surface area contributed by atoms with Crippen LogP contribution in [0.25, 0.3) is 22.3 Å². The van der Waals surface area contributed by atoms with Crippen LogP contribution in [0.4, 0.5) is 0 Å². The maximum absolute atomic E-state index is 12.9. The lowest BCUT2D eigenvalue weighted by Crippen LogP contribution is -2.44. The van der Waals surface area contributed by atoms with Crippen molar-refractivity contribution in [2.75, 3.05) is 0 Å². The third kappa shape index (κ3) is 3.75. The number of fused-ring (bicyclic) bond motifs is 1. The van der Waals surface area contributed by atoms with Crippen LogP contribution < -0.4 is 5.32 Å². The van der Waals surface area contributed by atoms with E-state index in [4.69, 9.17) is 0 Å². The zero-order chi connectivity index (χ0) is 20.7. The molecule has 2 aromatic heterocycles. The molecule has 2 aliphatic carbocycles. The molecule has 7 heteroatoms. The van der Waals surface area contributed by atoms with Gasteiger partial charge in [0.15, 0.2) is 11.0 Å². The van der Waals surface area contributed by atoms with Gasteiger partial charge in [0.05, 0.1) is 5.25 Å². The minimum Gasteiger partial charge on any atom is -0.360 e. The predicted octanol–water partition coefficient (Wildman–Crippen LogP) is 4.94. The maximum Gasteiger partial charge on any atom is 0.233 e. The molecule has 0 saturated heterocycles. The lowest BCUT2D eigenvalue weighted by atomic mass is 9.86. The molecule has 0 spiro atoms. The topological polar surface area (TPSA) is 75.6 Å². The summed E-state index contributed by atoms with van der Waals surface area (Å²) in [6, 6.07) is 9.00. The average molecular weight is 424 g/mol. The molecule has 0 radical (unpaired) electrons. The normalized spacial score (nSPS) is 22.9. The fraction of sp³-hybridized carbons (Fsp3) is 0.522. The van der Waals surface area contributed by atoms with Crippen molar-refractivity contribution >= 4 is 28.6 Å². The van der Waals surface area contributed by atoms with Crippen LogP contribution in [0.1, 0.15) is 58.4 Å². The van der Waals surface area contributed by atoms with E-state index in [1.807, 2.05) is 25.3 Å². The van der Waals surface area contributed by atoms with Gasteiger partial charge >= 0.3 is 0 Å². The Bertz CT molecular complexity index is 1050. The molecule has 30 heavy (non-hydrogen) atoms. The average Bonchev–Trinajstić information content (AvgIpc) is 3.37. The van der Waals surface area contributed by atoms with E-state index >= 15 is 0 Å². The number of carbonyl (C=O) groups excluding carboxylic acids is 1. The summed E-state index contributed by atoms with van der Waals surface area (Å²) in [6.45, 7) is 4.23. The zero-order valence-electron chi connectivity index (χ0n) is 17.6. The smallest absolute Gasteiger partial charge is 0.233 e. The number of para-hydroxylation sites is 1. The van der Waals surface area contributed by atoms with E-state index in [0.717, 1.165) is 46.7 Å². The van der Waals surface area contributed by atoms with E-state index in [-0.39, 0.29) is 11.2 Å². The van der Waals surface area contributed by atoms with Crippen LogP contribution in [0.15, 0.2) is 35.6 Å². The molecule has 0 bridgehead atoms. The van der Waals surface area contributed by atoms with Gasteiger partial charge in [0.25, 0.3) is 0 Å². The van der Waals surface area contributed by atoms with Crippen molar-refractivity contribution < 1.29 is 4.79 Å². The predicted molar refractivity (Wildman–Crippen MR) is 120 cm³/mol. The van der Waals surface area contributed by atoms with Crippen LogP contribution in [0, 0.1) is 5.92 Å². The molecule has 2 aliphatic rings. The number of aromatic amines is 1. The van der Waals surface area contributed by atoms with Crippen molar-refractivity contribution in [2.24, 2.45) is 5.92 Å². The van der Waals surface area contributed by atoms with Gasteiger partial charge in [-0.3, -0.25) is 9.36 Å². The lowest BCUT2D eigenvalue weighted by Gasteiger charge is -2.30. The van der Waals surface area contributed by atoms with E-state index in [9.17, 15) is 4.79 Å². The summed E-state index contributed by atoms with van der Waals surface area (Å²) < 4.78 is 2.24. The van der Waals surface area contributed by atoms with Crippen LogP contribution in [-0.2, 0) is 4.79 Å². The van der Waals surface area contributed by atoms with Crippen LogP contribution in [0.5, 0.6) is 0 Å². The number of hydrogen-bond acceptors (Lipinski definition) is 4. The molecule has 5 rings (SSSR count). The van der Waals surface area contributed by atoms with Gasteiger partial charge in [-0.15, -0.1) is 10.2 Å². The fourth-order valence-corrected chi connectivity index (χ4v) is 5.43. The summed E-state index contributed by atoms with van der Waals surface area (Å²) in [5, 5.41) is 14.1. The van der Waals surface area contributed by atoms with Gasteiger partial charge in [-0.1, -0.05) is 49.7 Å². The zero-order valence-corrected chi connectivity index (χ0v) is 18.4. The first kappa shape index (κ1) is 19.7. The number of hydrogen-bond donors (Lipinski definition) is 2. The van der Waals surface area contributed by atoms with Crippen molar-refractivity contribution in [1.82, 2.24) is 25.1 Å². The summed E-state index contributed by atoms with van der Waals surface area (Å²) >= 11 is 1.53. The second-order valence-corrected chi connectivity index (χ2v) is 10.1. The highest BCUT2D eigenvalue weighted by Crippen LogP contribution is 2.42. The molecule has 2 fully saturated rings. The summed E-state index contributed by atoms with van der Waals surface area (Å²) in [5.74, 6) is 1.56. The molecule has 1 aromatic carbocycles. The number of thioether (sulfide) groups is 1. The van der Waals surface area contributed by atoms with Crippen LogP contribution >= 0.6 is 11.8 Å². The number of carbonyl (C=O) groups is 1. The third-order valence-electron chi connectivity index (χ3n) is 6.50. The largest absolute Gasteiger partial charge is 0.360 e. The second kappa shape index (κ2) is 8.10. The standard InChI is InChI=1S/C23H29N5OS/c1-14-7-3-5-9-19(14)25-22(29)15(2)30-23-27-26-21(28(23)16-11-12-16)18-13-24-20-10-6-4-8-17(18)20/h4,6,8,10,13-16,19,24H,3,5,7,9,11-12H2,1-2H3,(H,25,29)/t14-,15-,19-/m1/s1. The SMILES string of the molecule is C[C@@H]1CCCC[C@H]1NC(=O)[C@@H](C)Sc1nnc(-c2c[nH]c3ccccc23)n1C1CC1. The van der Waals surface area contributed by atoms with E-state index in [1.165, 1.54) is 31.0 Å². The Kier molecular flexibility index (Phi) is 5.31. The van der Waals surface area contributed by atoms with E-state index in [1.54, 1.807) is 0 Å². The highest BCUT2D eigenvalue weighted by atomic mass is 32.2. The van der Waals surface area contributed by atoms with Crippen molar-refractivity contribution in [3.8, 4) is 11.4 Å². The molecule has 2 heterocycles. The molecule has 3 atom stereocenters. The molecule has 1 amide bonds. The maximum atomic E-state index is 12.9. The second-order valence-electron chi connectivity index (χ2n) is 8.79. The van der Waals surface area contributed by atoms with Gasteiger partial charge in [0.1, 0.15) is 0 Å². The van der Waals surface area contributed by atoms with Gasteiger partial charge in [-0.25, -0.2) is 0 Å². The van der Waals surface area contributed by atoms with Crippen molar-refractivity contribution in [3.05, 3.63) is 30.5 Å². The lowest BCUT2D eigenvalue weighted by molar-refractivity contribution is -0.121. The summed E-state index contributed by atoms with van der Waals surface area (Å²) in [5.41, 5.74) is 2.17. The van der Waals surface area contributed by atoms with Crippen molar-refractivity contribution in [1.29, 1.82) is 0 Å². The number of amides is 1. The van der Waals surface area contributed by atoms with E-state index in [2.05, 4.69) is 44.1 Å². The quantitative estimate of drug-likeness (QED) is 0.551. The molecule has 0 aliphatic heterocycles. The number of H-pyrrole nitrogens is 1. The number of aromatic nitrogens is 4. The first-order valence-corrected chi connectivity index (χ1v) is 12.0. The highest BCUT2D eigenvalue weighted by Gasteiger charge is 2.33. The Morgan fingerprint density at radius 2 is 2.00 bits per heavy atom. The Labute approximate surface area is 181 Å². The van der Waals surface area contributed by atoms with Crippen LogP contribution in [0.2, 0.25) is 0 Å². The Morgan fingerprint density at radius 3 is 2.80 bits per heavy atom. The number of benzene rings is 1.